The van der Waals surface area contributed by atoms with E-state index >= 15 is 0 Å². The molecule has 6 unspecified atom stereocenters. The summed E-state index contributed by atoms with van der Waals surface area (Å²) in [6.07, 6.45) is -4.22. The van der Waals surface area contributed by atoms with Gasteiger partial charge in [0.1, 0.15) is 12.1 Å². The Morgan fingerprint density at radius 3 is 1.42 bits per heavy atom. The Morgan fingerprint density at radius 1 is 0.769 bits per heavy atom. The second-order valence-corrected chi connectivity index (χ2v) is 5.78. The van der Waals surface area contributed by atoms with Gasteiger partial charge in [-0.3, -0.25) is 14.4 Å². The minimum Gasteiger partial charge on any atom is -0.480 e. The van der Waals surface area contributed by atoms with Gasteiger partial charge in [0.25, 0.3) is 0 Å². The van der Waals surface area contributed by atoms with E-state index in [1.807, 2.05) is 5.32 Å². The molecule has 0 bridgehead atoms. The van der Waals surface area contributed by atoms with Gasteiger partial charge in [0, 0.05) is 0 Å². The minimum absolute atomic E-state index is 0.439. The van der Waals surface area contributed by atoms with Crippen molar-refractivity contribution >= 4 is 23.7 Å². The lowest BCUT2D eigenvalue weighted by atomic mass is 10.1. The first-order valence-electron chi connectivity index (χ1n) is 7.79. The van der Waals surface area contributed by atoms with Crippen LogP contribution in [-0.2, 0) is 19.2 Å². The molecule has 12 nitrogen and oxygen atoms in total. The third-order valence-corrected chi connectivity index (χ3v) is 3.38. The number of carbonyl (C=O) groups is 4. The van der Waals surface area contributed by atoms with Crippen LogP contribution in [0.2, 0.25) is 0 Å². The number of hydrogen-bond donors (Lipinski definition) is 8. The van der Waals surface area contributed by atoms with E-state index in [4.69, 9.17) is 10.8 Å². The van der Waals surface area contributed by atoms with Crippen molar-refractivity contribution in [3.8, 4) is 0 Å². The van der Waals surface area contributed by atoms with E-state index < -0.39 is 66.7 Å². The molecule has 0 spiro atoms. The van der Waals surface area contributed by atoms with Crippen LogP contribution in [0.5, 0.6) is 0 Å². The number of nitrogens with one attached hydrogen (secondary N) is 3. The maximum atomic E-state index is 12.2. The number of carbonyl (C=O) groups excluding carboxylic acids is 3. The van der Waals surface area contributed by atoms with Crippen molar-refractivity contribution < 1.29 is 39.6 Å². The molecule has 0 saturated heterocycles. The first-order valence-corrected chi connectivity index (χ1v) is 7.79. The number of carboxylic acids is 1. The lowest BCUT2D eigenvalue weighted by Gasteiger charge is -2.27. The highest BCUT2D eigenvalue weighted by Gasteiger charge is 2.34. The van der Waals surface area contributed by atoms with Crippen molar-refractivity contribution in [1.82, 2.24) is 16.0 Å². The average Bonchev–Trinajstić information content (AvgIpc) is 2.53. The van der Waals surface area contributed by atoms with Gasteiger partial charge in [0.05, 0.1) is 24.9 Å². The third kappa shape index (κ3) is 7.31. The Morgan fingerprint density at radius 2 is 1.12 bits per heavy atom. The van der Waals surface area contributed by atoms with E-state index in [1.54, 1.807) is 0 Å². The first kappa shape index (κ1) is 23.7. The van der Waals surface area contributed by atoms with Crippen LogP contribution in [0.3, 0.4) is 0 Å². The summed E-state index contributed by atoms with van der Waals surface area (Å²) in [4.78, 5) is 46.8. The fourth-order valence-corrected chi connectivity index (χ4v) is 1.92. The van der Waals surface area contributed by atoms with Crippen LogP contribution < -0.4 is 21.7 Å². The molecular formula is C14H26N4O8. The van der Waals surface area contributed by atoms with E-state index in [1.165, 1.54) is 13.8 Å². The number of amides is 3. The monoisotopic (exact) mass is 378 g/mol. The topological polar surface area (TPSA) is 211 Å². The predicted molar refractivity (Wildman–Crippen MR) is 87.5 cm³/mol. The molecule has 0 heterocycles. The Kier molecular flexibility index (Phi) is 9.72. The van der Waals surface area contributed by atoms with Gasteiger partial charge in [-0.25, -0.2) is 4.79 Å². The highest BCUT2D eigenvalue weighted by Crippen LogP contribution is 2.01. The molecule has 12 heteroatoms. The number of hydrogen-bond acceptors (Lipinski definition) is 8. The summed E-state index contributed by atoms with van der Waals surface area (Å²) < 4.78 is 0. The number of rotatable bonds is 10. The van der Waals surface area contributed by atoms with E-state index in [-0.39, 0.29) is 0 Å². The Labute approximate surface area is 149 Å². The summed E-state index contributed by atoms with van der Waals surface area (Å²) >= 11 is 0. The van der Waals surface area contributed by atoms with Crippen molar-refractivity contribution in [3.63, 3.8) is 0 Å². The van der Waals surface area contributed by atoms with E-state index in [2.05, 4.69) is 10.6 Å². The van der Waals surface area contributed by atoms with Gasteiger partial charge >= 0.3 is 5.97 Å². The van der Waals surface area contributed by atoms with Crippen molar-refractivity contribution in [3.05, 3.63) is 0 Å². The molecule has 0 fully saturated rings. The largest absolute Gasteiger partial charge is 0.480 e. The Balaban J connectivity index is 5.25. The molecule has 0 aliphatic heterocycles. The number of aliphatic hydroxyl groups excluding tert-OH is 3. The molecule has 0 rings (SSSR count). The lowest BCUT2D eigenvalue weighted by molar-refractivity contribution is -0.146. The van der Waals surface area contributed by atoms with Gasteiger partial charge in [-0.15, -0.1) is 0 Å². The summed E-state index contributed by atoms with van der Waals surface area (Å²) in [5, 5.41) is 43.9. The fraction of sp³-hybridized carbons (Fsp3) is 0.714. The highest BCUT2D eigenvalue weighted by molar-refractivity contribution is 5.94. The van der Waals surface area contributed by atoms with Crippen molar-refractivity contribution in [2.75, 3.05) is 6.54 Å². The maximum Gasteiger partial charge on any atom is 0.328 e. The van der Waals surface area contributed by atoms with Gasteiger partial charge in [-0.1, -0.05) is 0 Å². The van der Waals surface area contributed by atoms with Gasteiger partial charge < -0.3 is 42.1 Å². The number of nitrogens with two attached hydrogens (primary N) is 1. The second kappa shape index (κ2) is 10.7. The van der Waals surface area contributed by atoms with Crippen LogP contribution in [0, 0.1) is 0 Å². The summed E-state index contributed by atoms with van der Waals surface area (Å²) in [5.41, 5.74) is 5.12. The minimum atomic E-state index is -1.66. The summed E-state index contributed by atoms with van der Waals surface area (Å²) in [7, 11) is 0. The van der Waals surface area contributed by atoms with E-state index in [0.29, 0.717) is 0 Å². The molecule has 0 aromatic heterocycles. The maximum absolute atomic E-state index is 12.2. The second-order valence-electron chi connectivity index (χ2n) is 5.78. The molecule has 0 aromatic rings. The van der Waals surface area contributed by atoms with E-state index in [0.717, 1.165) is 6.92 Å². The number of aliphatic carboxylic acids is 1. The summed E-state index contributed by atoms with van der Waals surface area (Å²) in [6.45, 7) is 3.08. The number of aliphatic hydroxyl groups is 3. The van der Waals surface area contributed by atoms with Gasteiger partial charge in [-0.2, -0.15) is 0 Å². The predicted octanol–water partition coefficient (Wildman–Crippen LogP) is -4.37. The molecule has 9 N–H and O–H groups in total. The molecular weight excluding hydrogens is 352 g/mol. The molecule has 0 aliphatic rings. The van der Waals surface area contributed by atoms with Crippen molar-refractivity contribution in [2.24, 2.45) is 5.73 Å². The normalized spacial score (nSPS) is 17.8. The molecule has 0 aromatic carbocycles. The summed E-state index contributed by atoms with van der Waals surface area (Å²) in [5.74, 6) is -4.31. The van der Waals surface area contributed by atoms with Crippen LogP contribution in [0.1, 0.15) is 20.8 Å². The SMILES string of the molecule is CC(O)C(NC(=O)C(NC(=O)C(NC(=O)CN)C(C)O)C(C)O)C(=O)O. The fourth-order valence-electron chi connectivity index (χ4n) is 1.92. The standard InChI is InChI=1S/C14H26N4O8/c1-5(19)9(16-8(22)4-15)12(23)17-10(6(2)20)13(24)18-11(7(3)21)14(25)26/h5-7,9-11,19-21H,4,15H2,1-3H3,(H,16,22)(H,17,23)(H,18,24)(H,25,26). The molecule has 0 radical (unpaired) electrons. The van der Waals surface area contributed by atoms with Gasteiger partial charge in [-0.05, 0) is 20.8 Å². The van der Waals surface area contributed by atoms with Crippen molar-refractivity contribution in [1.29, 1.82) is 0 Å². The molecule has 150 valence electrons. The molecule has 26 heavy (non-hydrogen) atoms. The van der Waals surface area contributed by atoms with Gasteiger partial charge in [0.15, 0.2) is 6.04 Å². The van der Waals surface area contributed by atoms with Crippen molar-refractivity contribution in [2.45, 2.75) is 57.2 Å². The zero-order valence-electron chi connectivity index (χ0n) is 14.7. The highest BCUT2D eigenvalue weighted by atomic mass is 16.4. The van der Waals surface area contributed by atoms with E-state index in [9.17, 15) is 34.5 Å². The van der Waals surface area contributed by atoms with Crippen LogP contribution in [0.4, 0.5) is 0 Å². The van der Waals surface area contributed by atoms with Crippen LogP contribution >= 0.6 is 0 Å². The lowest BCUT2D eigenvalue weighted by Crippen LogP contribution is -2.62. The summed E-state index contributed by atoms with van der Waals surface area (Å²) in [6, 6.07) is -4.71. The average molecular weight is 378 g/mol. The molecule has 0 aliphatic carbocycles. The first-order chi connectivity index (χ1) is 11.9. The third-order valence-electron chi connectivity index (χ3n) is 3.38. The van der Waals surface area contributed by atoms with Crippen LogP contribution in [0.25, 0.3) is 0 Å². The Hall–Kier alpha value is -2.28. The smallest absolute Gasteiger partial charge is 0.328 e. The number of carboxylic acid groups (broad SMARTS) is 1. The van der Waals surface area contributed by atoms with Crippen LogP contribution in [-0.4, -0.2) is 87.1 Å². The zero-order chi connectivity index (χ0) is 20.6. The van der Waals surface area contributed by atoms with Crippen LogP contribution in [0.15, 0.2) is 0 Å². The molecule has 0 saturated carbocycles. The molecule has 3 amide bonds. The molecule has 6 atom stereocenters. The quantitative estimate of drug-likeness (QED) is 0.184. The Bertz CT molecular complexity index is 523. The zero-order valence-corrected chi connectivity index (χ0v) is 14.7. The van der Waals surface area contributed by atoms with Gasteiger partial charge in [0.2, 0.25) is 17.7 Å².